The summed E-state index contributed by atoms with van der Waals surface area (Å²) < 4.78 is 9.23. The molecule has 0 atom stereocenters. The molecule has 0 bridgehead atoms. The Bertz CT molecular complexity index is 3270. The van der Waals surface area contributed by atoms with Crippen LogP contribution in [-0.2, 0) is 0 Å². The molecule has 8 aromatic carbocycles. The summed E-state index contributed by atoms with van der Waals surface area (Å²) in [4.78, 5) is 5.55. The van der Waals surface area contributed by atoms with E-state index in [1.807, 2.05) is 0 Å². The Balaban J connectivity index is 1.18. The number of nitrogens with zero attached hydrogens (tertiary/aromatic N) is 2. The van der Waals surface area contributed by atoms with Crippen LogP contribution in [0.25, 0.3) is 105 Å². The molecule has 0 unspecified atom stereocenters. The molecule has 0 amide bonds. The molecule has 3 aromatic heterocycles. The molecular weight excluding hydrogens is 693 g/mol. The predicted molar refractivity (Wildman–Crippen MR) is 238 cm³/mol. The third-order valence-electron chi connectivity index (χ3n) is 11.4. The van der Waals surface area contributed by atoms with Gasteiger partial charge >= 0.3 is 0 Å². The van der Waals surface area contributed by atoms with Crippen LogP contribution in [0.15, 0.2) is 205 Å². The fourth-order valence-electron chi connectivity index (χ4n) is 8.81. The van der Waals surface area contributed by atoms with Crippen LogP contribution in [0.2, 0.25) is 0 Å². The first kappa shape index (κ1) is 32.9. The Labute approximate surface area is 330 Å². The van der Waals surface area contributed by atoms with Crippen LogP contribution < -0.4 is 0 Å². The third kappa shape index (κ3) is 5.39. The van der Waals surface area contributed by atoms with Gasteiger partial charge in [-0.2, -0.15) is 0 Å². The molecule has 11 rings (SSSR count). The minimum absolute atomic E-state index is 0.841. The van der Waals surface area contributed by atoms with Crippen molar-refractivity contribution in [1.82, 2.24) is 9.55 Å². The van der Waals surface area contributed by atoms with E-state index in [9.17, 15) is 0 Å². The van der Waals surface area contributed by atoms with E-state index in [-0.39, 0.29) is 0 Å². The molecule has 0 radical (unpaired) electrons. The lowest BCUT2D eigenvalue weighted by Gasteiger charge is -2.21. The molecule has 0 fully saturated rings. The lowest BCUT2D eigenvalue weighted by Crippen LogP contribution is -2.01. The van der Waals surface area contributed by atoms with Crippen LogP contribution in [0, 0.1) is 6.92 Å². The highest BCUT2D eigenvalue weighted by molar-refractivity contribution is 6.16. The van der Waals surface area contributed by atoms with Gasteiger partial charge < -0.3 is 8.98 Å². The molecular formula is C54H36N2O. The number of benzene rings is 8. The Morgan fingerprint density at radius 2 is 1.00 bits per heavy atom. The van der Waals surface area contributed by atoms with E-state index in [4.69, 9.17) is 9.40 Å². The van der Waals surface area contributed by atoms with Gasteiger partial charge in [0.2, 0.25) is 0 Å². The fourth-order valence-corrected chi connectivity index (χ4v) is 8.81. The zero-order valence-electron chi connectivity index (χ0n) is 31.4. The van der Waals surface area contributed by atoms with Gasteiger partial charge in [-0.25, -0.2) is 4.98 Å². The first-order valence-corrected chi connectivity index (χ1v) is 19.5. The van der Waals surface area contributed by atoms with Crippen molar-refractivity contribution >= 4 is 43.7 Å². The lowest BCUT2D eigenvalue weighted by atomic mass is 9.85. The molecule has 0 N–H and O–H groups in total. The highest BCUT2D eigenvalue weighted by atomic mass is 16.3. The van der Waals surface area contributed by atoms with Crippen molar-refractivity contribution in [3.05, 3.63) is 206 Å². The van der Waals surface area contributed by atoms with Gasteiger partial charge in [0.1, 0.15) is 11.2 Å². The Hall–Kier alpha value is -7.49. The number of aromatic nitrogens is 2. The van der Waals surface area contributed by atoms with Gasteiger partial charge in [0.05, 0.1) is 22.4 Å². The molecule has 11 aromatic rings. The predicted octanol–water partition coefficient (Wildman–Crippen LogP) is 14.7. The van der Waals surface area contributed by atoms with Crippen molar-refractivity contribution in [2.75, 3.05) is 0 Å². The van der Waals surface area contributed by atoms with E-state index in [1.165, 1.54) is 27.5 Å². The van der Waals surface area contributed by atoms with Gasteiger partial charge in [-0.05, 0) is 70.6 Å². The summed E-state index contributed by atoms with van der Waals surface area (Å²) >= 11 is 0. The minimum atomic E-state index is 0.841. The first-order valence-electron chi connectivity index (χ1n) is 19.5. The maximum atomic E-state index is 6.85. The average Bonchev–Trinajstić information content (AvgIpc) is 3.82. The van der Waals surface area contributed by atoms with Crippen molar-refractivity contribution < 1.29 is 4.42 Å². The number of para-hydroxylation sites is 1. The van der Waals surface area contributed by atoms with Gasteiger partial charge in [0.25, 0.3) is 0 Å². The van der Waals surface area contributed by atoms with Crippen LogP contribution >= 0.6 is 0 Å². The van der Waals surface area contributed by atoms with E-state index >= 15 is 0 Å². The highest BCUT2D eigenvalue weighted by Crippen LogP contribution is 2.48. The summed E-state index contributed by atoms with van der Waals surface area (Å²) in [5, 5.41) is 4.59. The zero-order chi connectivity index (χ0) is 37.9. The Morgan fingerprint density at radius 3 is 1.72 bits per heavy atom. The molecule has 0 saturated carbocycles. The molecule has 0 spiro atoms. The third-order valence-corrected chi connectivity index (χ3v) is 11.4. The largest absolute Gasteiger partial charge is 0.456 e. The topological polar surface area (TPSA) is 31.0 Å². The molecule has 3 heteroatoms. The zero-order valence-corrected chi connectivity index (χ0v) is 31.4. The summed E-state index contributed by atoms with van der Waals surface area (Å²) in [7, 11) is 0. The fraction of sp³-hybridized carbons (Fsp3) is 0.0185. The van der Waals surface area contributed by atoms with Crippen LogP contribution in [0.4, 0.5) is 0 Å². The molecule has 268 valence electrons. The molecule has 3 nitrogen and oxygen atoms in total. The van der Waals surface area contributed by atoms with Crippen molar-refractivity contribution in [2.45, 2.75) is 6.92 Å². The number of pyridine rings is 1. The SMILES string of the molecule is Cc1c(-c2ccccc2)nc(-c2ccccc2)c(-c2cccc3oc4cc(-n5c6ccccc6c6ccc(-c7ccccc7)cc65)ccc4c23)c1-c1ccccc1. The molecule has 0 aliphatic heterocycles. The maximum Gasteiger partial charge on any atom is 0.137 e. The average molecular weight is 729 g/mol. The summed E-state index contributed by atoms with van der Waals surface area (Å²) in [5.74, 6) is 0. The van der Waals surface area contributed by atoms with Gasteiger partial charge in [0, 0.05) is 50.0 Å². The molecule has 0 saturated heterocycles. The normalized spacial score (nSPS) is 11.6. The minimum Gasteiger partial charge on any atom is -0.456 e. The molecule has 3 heterocycles. The molecule has 0 aliphatic carbocycles. The van der Waals surface area contributed by atoms with Gasteiger partial charge in [-0.3, -0.25) is 0 Å². The van der Waals surface area contributed by atoms with E-state index in [1.54, 1.807) is 0 Å². The first-order chi connectivity index (χ1) is 28.2. The molecule has 0 aliphatic rings. The quantitative estimate of drug-likeness (QED) is 0.171. The standard InChI is InChI=1S/C54H36N2O/c1-35-50(37-19-8-3-9-20-37)52(54(39-23-12-5-13-24-39)55-53(35)38-21-10-4-11-22-38)45-26-16-28-48-51(45)44-32-30-41(34-49(44)57-48)56-46-27-15-14-25-42(46)43-31-29-40(33-47(43)56)36-17-6-2-7-18-36/h2-34H,1H3. The van der Waals surface area contributed by atoms with Crippen molar-refractivity contribution in [2.24, 2.45) is 0 Å². The second-order valence-corrected chi connectivity index (χ2v) is 14.7. The van der Waals surface area contributed by atoms with Crippen LogP contribution in [0.3, 0.4) is 0 Å². The summed E-state index contributed by atoms with van der Waals surface area (Å²) in [5.41, 5.74) is 17.2. The van der Waals surface area contributed by atoms with Crippen LogP contribution in [-0.4, -0.2) is 9.55 Å². The Kier molecular flexibility index (Phi) is 7.71. The smallest absolute Gasteiger partial charge is 0.137 e. The lowest BCUT2D eigenvalue weighted by molar-refractivity contribution is 0.668. The number of hydrogen-bond acceptors (Lipinski definition) is 2. The summed E-state index contributed by atoms with van der Waals surface area (Å²) in [6.45, 7) is 2.21. The van der Waals surface area contributed by atoms with Crippen LogP contribution in [0.5, 0.6) is 0 Å². The Morgan fingerprint density at radius 1 is 0.404 bits per heavy atom. The number of furan rings is 1. The maximum absolute atomic E-state index is 6.85. The molecule has 57 heavy (non-hydrogen) atoms. The summed E-state index contributed by atoms with van der Waals surface area (Å²) in [6.07, 6.45) is 0. The van der Waals surface area contributed by atoms with E-state index in [0.29, 0.717) is 0 Å². The van der Waals surface area contributed by atoms with Crippen molar-refractivity contribution in [3.63, 3.8) is 0 Å². The monoisotopic (exact) mass is 728 g/mol. The van der Waals surface area contributed by atoms with E-state index < -0.39 is 0 Å². The van der Waals surface area contributed by atoms with Crippen molar-refractivity contribution in [3.8, 4) is 61.6 Å². The highest BCUT2D eigenvalue weighted by Gasteiger charge is 2.25. The van der Waals surface area contributed by atoms with E-state index in [2.05, 4.69) is 212 Å². The second kappa shape index (κ2) is 13.4. The van der Waals surface area contributed by atoms with E-state index in [0.717, 1.165) is 83.4 Å². The van der Waals surface area contributed by atoms with Crippen molar-refractivity contribution in [1.29, 1.82) is 0 Å². The number of rotatable bonds is 6. The number of fused-ring (bicyclic) bond motifs is 6. The second-order valence-electron chi connectivity index (χ2n) is 14.7. The number of hydrogen-bond donors (Lipinski definition) is 0. The van der Waals surface area contributed by atoms with Crippen LogP contribution in [0.1, 0.15) is 5.56 Å². The van der Waals surface area contributed by atoms with Gasteiger partial charge in [-0.15, -0.1) is 0 Å². The van der Waals surface area contributed by atoms with Gasteiger partial charge in [-0.1, -0.05) is 164 Å². The summed E-state index contributed by atoms with van der Waals surface area (Å²) in [6, 6.07) is 71.1. The van der Waals surface area contributed by atoms with Gasteiger partial charge in [0.15, 0.2) is 0 Å².